The molecule has 16 heavy (non-hydrogen) atoms. The Hall–Kier alpha value is -0.450. The van der Waals surface area contributed by atoms with Gasteiger partial charge in [0, 0.05) is 18.0 Å². The summed E-state index contributed by atoms with van der Waals surface area (Å²) in [6.07, 6.45) is 0.0510. The molecule has 2 unspecified atom stereocenters. The van der Waals surface area contributed by atoms with Gasteiger partial charge in [-0.3, -0.25) is 0 Å². The van der Waals surface area contributed by atoms with Crippen molar-refractivity contribution in [2.75, 3.05) is 7.11 Å². The Balaban J connectivity index is 2.72. The van der Waals surface area contributed by atoms with Crippen molar-refractivity contribution in [3.05, 3.63) is 34.1 Å². The third-order valence-corrected chi connectivity index (χ3v) is 3.07. The number of aliphatic hydroxyl groups excluding tert-OH is 1. The highest BCUT2D eigenvalue weighted by Gasteiger charge is 2.18. The quantitative estimate of drug-likeness (QED) is 0.904. The van der Waals surface area contributed by atoms with E-state index in [0.717, 1.165) is 0 Å². The predicted octanol–water partition coefficient (Wildman–Crippen LogP) is 2.92. The average Bonchev–Trinajstić information content (AvgIpc) is 2.24. The van der Waals surface area contributed by atoms with Crippen molar-refractivity contribution in [2.24, 2.45) is 0 Å². The summed E-state index contributed by atoms with van der Waals surface area (Å²) in [6.45, 7) is 1.93. The first-order valence-corrected chi connectivity index (χ1v) is 6.02. The van der Waals surface area contributed by atoms with Crippen LogP contribution in [0.25, 0.3) is 0 Å². The summed E-state index contributed by atoms with van der Waals surface area (Å²) in [4.78, 5) is 0. The summed E-state index contributed by atoms with van der Waals surface area (Å²) in [5.41, 5.74) is 0.506. The molecule has 0 radical (unpaired) electrons. The zero-order chi connectivity index (χ0) is 12.1. The smallest absolute Gasteiger partial charge is 0.127 e. The van der Waals surface area contributed by atoms with Crippen LogP contribution in [0.15, 0.2) is 22.7 Å². The SMILES string of the molecule is CCC(OC)C(O)Cc1ccc(Br)cc1F. The molecular weight excluding hydrogens is 275 g/mol. The molecule has 1 aromatic rings. The molecule has 1 rings (SSSR count). The number of benzene rings is 1. The van der Waals surface area contributed by atoms with Gasteiger partial charge in [-0.05, 0) is 24.1 Å². The lowest BCUT2D eigenvalue weighted by Crippen LogP contribution is -2.29. The van der Waals surface area contributed by atoms with Crippen molar-refractivity contribution in [1.82, 2.24) is 0 Å². The largest absolute Gasteiger partial charge is 0.390 e. The third-order valence-electron chi connectivity index (χ3n) is 2.58. The molecule has 1 N–H and O–H groups in total. The van der Waals surface area contributed by atoms with E-state index < -0.39 is 6.10 Å². The molecule has 0 aromatic heterocycles. The van der Waals surface area contributed by atoms with Gasteiger partial charge in [-0.25, -0.2) is 4.39 Å². The van der Waals surface area contributed by atoms with Crippen LogP contribution in [0.4, 0.5) is 4.39 Å². The number of ether oxygens (including phenoxy) is 1. The molecule has 2 nitrogen and oxygen atoms in total. The summed E-state index contributed by atoms with van der Waals surface area (Å²) in [7, 11) is 1.55. The van der Waals surface area contributed by atoms with E-state index in [0.29, 0.717) is 16.5 Å². The van der Waals surface area contributed by atoms with Crippen molar-refractivity contribution in [3.63, 3.8) is 0 Å². The Morgan fingerprint density at radius 2 is 2.19 bits per heavy atom. The Bertz CT molecular complexity index is 340. The monoisotopic (exact) mass is 290 g/mol. The van der Waals surface area contributed by atoms with E-state index in [1.165, 1.54) is 6.07 Å². The molecule has 0 aliphatic carbocycles. The molecule has 0 amide bonds. The van der Waals surface area contributed by atoms with Crippen molar-refractivity contribution >= 4 is 15.9 Å². The minimum atomic E-state index is -0.675. The molecule has 0 aliphatic rings. The van der Waals surface area contributed by atoms with Gasteiger partial charge in [0.05, 0.1) is 12.2 Å². The minimum absolute atomic E-state index is 0.247. The van der Waals surface area contributed by atoms with Crippen LogP contribution in [0.2, 0.25) is 0 Å². The summed E-state index contributed by atoms with van der Waals surface area (Å²) in [6, 6.07) is 4.83. The van der Waals surface area contributed by atoms with E-state index >= 15 is 0 Å². The Kier molecular flexibility index (Phi) is 5.38. The Morgan fingerprint density at radius 3 is 2.69 bits per heavy atom. The molecule has 0 aliphatic heterocycles. The molecule has 0 saturated heterocycles. The van der Waals surface area contributed by atoms with Gasteiger partial charge < -0.3 is 9.84 Å². The number of aliphatic hydroxyl groups is 1. The number of hydrogen-bond acceptors (Lipinski definition) is 2. The summed E-state index contributed by atoms with van der Waals surface area (Å²) >= 11 is 3.19. The lowest BCUT2D eigenvalue weighted by Gasteiger charge is -2.20. The summed E-state index contributed by atoms with van der Waals surface area (Å²) < 4.78 is 19.3. The topological polar surface area (TPSA) is 29.5 Å². The standard InChI is InChI=1S/C12H16BrFO2/c1-3-12(16-2)11(15)6-8-4-5-9(13)7-10(8)14/h4-5,7,11-12,15H,3,6H2,1-2H3. The highest BCUT2D eigenvalue weighted by molar-refractivity contribution is 9.10. The molecular formula is C12H16BrFO2. The van der Waals surface area contributed by atoms with Gasteiger partial charge in [0.2, 0.25) is 0 Å². The van der Waals surface area contributed by atoms with Crippen molar-refractivity contribution in [2.45, 2.75) is 32.0 Å². The second-order valence-electron chi connectivity index (χ2n) is 3.69. The Morgan fingerprint density at radius 1 is 1.50 bits per heavy atom. The van der Waals surface area contributed by atoms with Crippen molar-refractivity contribution in [1.29, 1.82) is 0 Å². The van der Waals surface area contributed by atoms with E-state index in [1.54, 1.807) is 19.2 Å². The highest BCUT2D eigenvalue weighted by Crippen LogP contribution is 2.18. The van der Waals surface area contributed by atoms with Crippen LogP contribution in [0.3, 0.4) is 0 Å². The van der Waals surface area contributed by atoms with Crippen LogP contribution in [0.5, 0.6) is 0 Å². The maximum absolute atomic E-state index is 13.5. The lowest BCUT2D eigenvalue weighted by atomic mass is 10.0. The predicted molar refractivity (Wildman–Crippen MR) is 64.9 cm³/mol. The fourth-order valence-corrected chi connectivity index (χ4v) is 1.97. The normalized spacial score (nSPS) is 14.8. The third kappa shape index (κ3) is 3.54. The van der Waals surface area contributed by atoms with Crippen LogP contribution in [0, 0.1) is 5.82 Å². The molecule has 0 heterocycles. The first kappa shape index (κ1) is 13.6. The molecule has 0 spiro atoms. The molecule has 1 aromatic carbocycles. The fraction of sp³-hybridized carbons (Fsp3) is 0.500. The first-order valence-electron chi connectivity index (χ1n) is 5.23. The molecule has 0 fully saturated rings. The van der Waals surface area contributed by atoms with Gasteiger partial charge in [0.1, 0.15) is 5.82 Å². The second-order valence-corrected chi connectivity index (χ2v) is 4.61. The molecule has 0 saturated carbocycles. The van der Waals surface area contributed by atoms with Crippen LogP contribution in [-0.2, 0) is 11.2 Å². The second kappa shape index (κ2) is 6.33. The van der Waals surface area contributed by atoms with E-state index in [2.05, 4.69) is 15.9 Å². The zero-order valence-electron chi connectivity index (χ0n) is 9.41. The molecule has 4 heteroatoms. The van der Waals surface area contributed by atoms with Crippen LogP contribution >= 0.6 is 15.9 Å². The van der Waals surface area contributed by atoms with E-state index in [9.17, 15) is 9.50 Å². The van der Waals surface area contributed by atoms with E-state index in [1.807, 2.05) is 6.92 Å². The lowest BCUT2D eigenvalue weighted by molar-refractivity contribution is -0.0131. The maximum atomic E-state index is 13.5. The van der Waals surface area contributed by atoms with Gasteiger partial charge in [0.25, 0.3) is 0 Å². The highest BCUT2D eigenvalue weighted by atomic mass is 79.9. The van der Waals surface area contributed by atoms with Crippen LogP contribution in [0.1, 0.15) is 18.9 Å². The minimum Gasteiger partial charge on any atom is -0.390 e. The number of halogens is 2. The number of methoxy groups -OCH3 is 1. The molecule has 2 atom stereocenters. The fourth-order valence-electron chi connectivity index (χ4n) is 1.64. The molecule has 90 valence electrons. The number of hydrogen-bond donors (Lipinski definition) is 1. The number of rotatable bonds is 5. The first-order chi connectivity index (χ1) is 7.58. The average molecular weight is 291 g/mol. The van der Waals surface area contributed by atoms with Crippen LogP contribution < -0.4 is 0 Å². The van der Waals surface area contributed by atoms with Gasteiger partial charge in [-0.15, -0.1) is 0 Å². The van der Waals surface area contributed by atoms with Crippen molar-refractivity contribution in [3.8, 4) is 0 Å². The van der Waals surface area contributed by atoms with E-state index in [-0.39, 0.29) is 18.3 Å². The van der Waals surface area contributed by atoms with Gasteiger partial charge in [0.15, 0.2) is 0 Å². The van der Waals surface area contributed by atoms with Gasteiger partial charge in [-0.1, -0.05) is 28.9 Å². The van der Waals surface area contributed by atoms with E-state index in [4.69, 9.17) is 4.74 Å². The molecule has 0 bridgehead atoms. The summed E-state index contributed by atoms with van der Waals surface area (Å²) in [5.74, 6) is -0.306. The maximum Gasteiger partial charge on any atom is 0.127 e. The van der Waals surface area contributed by atoms with Crippen molar-refractivity contribution < 1.29 is 14.2 Å². The zero-order valence-corrected chi connectivity index (χ0v) is 11.0. The Labute approximate surface area is 104 Å². The van der Waals surface area contributed by atoms with Gasteiger partial charge in [-0.2, -0.15) is 0 Å². The van der Waals surface area contributed by atoms with Crippen LogP contribution in [-0.4, -0.2) is 24.4 Å². The van der Waals surface area contributed by atoms with Gasteiger partial charge >= 0.3 is 0 Å². The summed E-state index contributed by atoms with van der Waals surface area (Å²) in [5, 5.41) is 9.85.